The molecule has 0 aliphatic rings. The molecule has 5 heteroatoms. The van der Waals surface area contributed by atoms with Crippen LogP contribution in [0.2, 0.25) is 0 Å². The largest absolute Gasteiger partial charge is 0.496 e. The van der Waals surface area contributed by atoms with Crippen LogP contribution in [0.5, 0.6) is 5.75 Å². The molecule has 0 aliphatic carbocycles. The van der Waals surface area contributed by atoms with Crippen LogP contribution in [0.4, 0.5) is 0 Å². The van der Waals surface area contributed by atoms with E-state index in [4.69, 9.17) is 10.5 Å². The van der Waals surface area contributed by atoms with Gasteiger partial charge >= 0.3 is 0 Å². The van der Waals surface area contributed by atoms with E-state index in [1.54, 1.807) is 11.8 Å². The van der Waals surface area contributed by atoms with E-state index in [9.17, 15) is 0 Å². The van der Waals surface area contributed by atoms with Gasteiger partial charge in [-0.2, -0.15) is 0 Å². The molecule has 0 radical (unpaired) electrons. The van der Waals surface area contributed by atoms with Gasteiger partial charge in [0.1, 0.15) is 5.75 Å². The van der Waals surface area contributed by atoms with Crippen molar-refractivity contribution >= 4 is 0 Å². The van der Waals surface area contributed by atoms with Gasteiger partial charge in [0.15, 0.2) is 0 Å². The van der Waals surface area contributed by atoms with Gasteiger partial charge in [-0.15, -0.1) is 5.10 Å². The lowest BCUT2D eigenvalue weighted by Crippen LogP contribution is -2.10. The number of rotatable bonds is 6. The molecule has 2 aromatic rings. The molecule has 1 aromatic carbocycles. The van der Waals surface area contributed by atoms with Crippen LogP contribution < -0.4 is 10.5 Å². The summed E-state index contributed by atoms with van der Waals surface area (Å²) in [5.74, 6) is 0.859. The Hall–Kier alpha value is -1.88. The molecule has 19 heavy (non-hydrogen) atoms. The minimum Gasteiger partial charge on any atom is -0.496 e. The summed E-state index contributed by atoms with van der Waals surface area (Å²) in [4.78, 5) is 0. The third-order valence-electron chi connectivity index (χ3n) is 3.06. The van der Waals surface area contributed by atoms with Crippen LogP contribution in [0.3, 0.4) is 0 Å². The summed E-state index contributed by atoms with van der Waals surface area (Å²) in [6.07, 6.45) is 3.88. The fourth-order valence-electron chi connectivity index (χ4n) is 2.03. The summed E-state index contributed by atoms with van der Waals surface area (Å²) in [6.45, 7) is 2.75. The minimum atomic E-state index is -0.0311. The molecule has 0 aliphatic heterocycles. The number of para-hydroxylation sites is 1. The Labute approximate surface area is 113 Å². The Kier molecular flexibility index (Phi) is 4.52. The maximum atomic E-state index is 6.03. The monoisotopic (exact) mass is 260 g/mol. The van der Waals surface area contributed by atoms with Crippen LogP contribution in [0.25, 0.3) is 0 Å². The topological polar surface area (TPSA) is 66.0 Å². The molecule has 1 heterocycles. The van der Waals surface area contributed by atoms with E-state index in [-0.39, 0.29) is 6.04 Å². The molecule has 0 bridgehead atoms. The normalized spacial score (nSPS) is 12.4. The molecule has 102 valence electrons. The quantitative estimate of drug-likeness (QED) is 0.864. The van der Waals surface area contributed by atoms with Crippen LogP contribution in [0.1, 0.15) is 37.1 Å². The van der Waals surface area contributed by atoms with Gasteiger partial charge in [-0.05, 0) is 12.5 Å². The SMILES string of the molecule is CCCC(N)c1cn(Cc2ccccc2OC)nn1. The van der Waals surface area contributed by atoms with Crippen LogP contribution in [0, 0.1) is 0 Å². The Morgan fingerprint density at radius 1 is 1.37 bits per heavy atom. The second kappa shape index (κ2) is 6.33. The van der Waals surface area contributed by atoms with Crippen molar-refractivity contribution in [3.05, 3.63) is 41.7 Å². The number of methoxy groups -OCH3 is 1. The third-order valence-corrected chi connectivity index (χ3v) is 3.06. The van der Waals surface area contributed by atoms with E-state index in [1.807, 2.05) is 30.5 Å². The average molecular weight is 260 g/mol. The van der Waals surface area contributed by atoms with Crippen molar-refractivity contribution in [2.75, 3.05) is 7.11 Å². The molecule has 1 aromatic heterocycles. The zero-order valence-electron chi connectivity index (χ0n) is 11.4. The van der Waals surface area contributed by atoms with Crippen molar-refractivity contribution in [3.8, 4) is 5.75 Å². The van der Waals surface area contributed by atoms with E-state index in [0.29, 0.717) is 6.54 Å². The summed E-state index contributed by atoms with van der Waals surface area (Å²) in [5.41, 5.74) is 7.95. The van der Waals surface area contributed by atoms with Crippen LogP contribution in [-0.2, 0) is 6.54 Å². The summed E-state index contributed by atoms with van der Waals surface area (Å²) < 4.78 is 7.12. The predicted octanol–water partition coefficient (Wildman–Crippen LogP) is 2.13. The van der Waals surface area contributed by atoms with Gasteiger partial charge in [0.05, 0.1) is 31.6 Å². The Morgan fingerprint density at radius 3 is 2.89 bits per heavy atom. The molecule has 0 fully saturated rings. The van der Waals surface area contributed by atoms with Crippen LogP contribution >= 0.6 is 0 Å². The van der Waals surface area contributed by atoms with Gasteiger partial charge in [-0.1, -0.05) is 36.8 Å². The average Bonchev–Trinajstić information content (AvgIpc) is 2.88. The van der Waals surface area contributed by atoms with Gasteiger partial charge in [0, 0.05) is 5.56 Å². The summed E-state index contributed by atoms with van der Waals surface area (Å²) in [5, 5.41) is 8.25. The van der Waals surface area contributed by atoms with Crippen molar-refractivity contribution in [1.82, 2.24) is 15.0 Å². The lowest BCUT2D eigenvalue weighted by Gasteiger charge is -2.07. The molecule has 2 rings (SSSR count). The summed E-state index contributed by atoms with van der Waals surface area (Å²) >= 11 is 0. The van der Waals surface area contributed by atoms with Crippen molar-refractivity contribution < 1.29 is 4.74 Å². The van der Waals surface area contributed by atoms with Gasteiger partial charge in [-0.25, -0.2) is 4.68 Å². The highest BCUT2D eigenvalue weighted by Gasteiger charge is 2.10. The Bertz CT molecular complexity index is 524. The Morgan fingerprint density at radius 2 is 2.16 bits per heavy atom. The highest BCUT2D eigenvalue weighted by atomic mass is 16.5. The van der Waals surface area contributed by atoms with Crippen molar-refractivity contribution in [3.63, 3.8) is 0 Å². The molecule has 0 amide bonds. The smallest absolute Gasteiger partial charge is 0.123 e. The number of hydrogen-bond donors (Lipinski definition) is 1. The molecule has 0 saturated heterocycles. The van der Waals surface area contributed by atoms with Gasteiger partial charge in [-0.3, -0.25) is 0 Å². The maximum absolute atomic E-state index is 6.03. The first-order chi connectivity index (χ1) is 9.24. The number of ether oxygens (including phenoxy) is 1. The first-order valence-electron chi connectivity index (χ1n) is 6.52. The number of nitrogens with zero attached hydrogens (tertiary/aromatic N) is 3. The summed E-state index contributed by atoms with van der Waals surface area (Å²) in [7, 11) is 1.67. The molecule has 2 N–H and O–H groups in total. The molecule has 0 spiro atoms. The van der Waals surface area contributed by atoms with Crippen LogP contribution in [-0.4, -0.2) is 22.1 Å². The van der Waals surface area contributed by atoms with Crippen molar-refractivity contribution in [2.24, 2.45) is 5.73 Å². The predicted molar refractivity (Wildman–Crippen MR) is 74.0 cm³/mol. The first-order valence-corrected chi connectivity index (χ1v) is 6.52. The highest BCUT2D eigenvalue weighted by molar-refractivity contribution is 5.33. The fourth-order valence-corrected chi connectivity index (χ4v) is 2.03. The summed E-state index contributed by atoms with van der Waals surface area (Å²) in [6, 6.07) is 7.86. The lowest BCUT2D eigenvalue weighted by molar-refractivity contribution is 0.407. The van der Waals surface area contributed by atoms with Crippen molar-refractivity contribution in [2.45, 2.75) is 32.4 Å². The van der Waals surface area contributed by atoms with Gasteiger partial charge < -0.3 is 10.5 Å². The first kappa shape index (κ1) is 13.5. The van der Waals surface area contributed by atoms with Crippen molar-refractivity contribution in [1.29, 1.82) is 0 Å². The van der Waals surface area contributed by atoms with E-state index in [2.05, 4.69) is 17.2 Å². The second-order valence-electron chi connectivity index (χ2n) is 4.55. The van der Waals surface area contributed by atoms with Gasteiger partial charge in [0.25, 0.3) is 0 Å². The van der Waals surface area contributed by atoms with Crippen LogP contribution in [0.15, 0.2) is 30.5 Å². The number of hydrogen-bond acceptors (Lipinski definition) is 4. The molecule has 5 nitrogen and oxygen atoms in total. The molecule has 1 atom stereocenters. The van der Waals surface area contributed by atoms with Gasteiger partial charge in [0.2, 0.25) is 0 Å². The molecular weight excluding hydrogens is 240 g/mol. The number of aromatic nitrogens is 3. The zero-order chi connectivity index (χ0) is 13.7. The molecular formula is C14H20N4O. The zero-order valence-corrected chi connectivity index (χ0v) is 11.4. The number of nitrogens with two attached hydrogens (primary N) is 1. The number of benzene rings is 1. The highest BCUT2D eigenvalue weighted by Crippen LogP contribution is 2.19. The molecule has 1 unspecified atom stereocenters. The van der Waals surface area contributed by atoms with E-state index in [0.717, 1.165) is 29.8 Å². The standard InChI is InChI=1S/C14H20N4O/c1-3-6-12(15)13-10-18(17-16-13)9-11-7-4-5-8-14(11)19-2/h4-5,7-8,10,12H,3,6,9,15H2,1-2H3. The van der Waals surface area contributed by atoms with E-state index in [1.165, 1.54) is 0 Å². The second-order valence-corrected chi connectivity index (χ2v) is 4.55. The lowest BCUT2D eigenvalue weighted by atomic mass is 10.1. The maximum Gasteiger partial charge on any atom is 0.123 e. The third kappa shape index (κ3) is 3.32. The minimum absolute atomic E-state index is 0.0311. The van der Waals surface area contributed by atoms with E-state index < -0.39 is 0 Å². The molecule has 0 saturated carbocycles. The Balaban J connectivity index is 2.11. The van der Waals surface area contributed by atoms with E-state index >= 15 is 0 Å². The fraction of sp³-hybridized carbons (Fsp3) is 0.429.